The zero-order chi connectivity index (χ0) is 13.9. The third-order valence-corrected chi connectivity index (χ3v) is 3.96. The Morgan fingerprint density at radius 3 is 2.95 bits per heavy atom. The molecular formula is C16H25NOS. The summed E-state index contributed by atoms with van der Waals surface area (Å²) in [4.78, 5) is 12.1. The first-order valence-corrected chi connectivity index (χ1v) is 8.09. The zero-order valence-electron chi connectivity index (χ0n) is 12.1. The number of hydrogen-bond donors (Lipinski definition) is 1. The number of rotatable bonds is 9. The van der Waals surface area contributed by atoms with Crippen LogP contribution in [0.2, 0.25) is 0 Å². The molecule has 0 radical (unpaired) electrons. The highest BCUT2D eigenvalue weighted by atomic mass is 32.1. The van der Waals surface area contributed by atoms with Gasteiger partial charge in [0.15, 0.2) is 0 Å². The Labute approximate surface area is 120 Å². The number of thiophene rings is 1. The van der Waals surface area contributed by atoms with E-state index in [0.717, 1.165) is 13.0 Å². The van der Waals surface area contributed by atoms with E-state index >= 15 is 0 Å². The lowest BCUT2D eigenvalue weighted by atomic mass is 10.1. The molecule has 1 heterocycles. The molecule has 2 nitrogen and oxygen atoms in total. The van der Waals surface area contributed by atoms with Gasteiger partial charge in [-0.25, -0.2) is 0 Å². The summed E-state index contributed by atoms with van der Waals surface area (Å²) in [6, 6.07) is 2.24. The zero-order valence-corrected chi connectivity index (χ0v) is 12.9. The number of carbonyl (C=O) groups is 1. The average Bonchev–Trinajstić information content (AvgIpc) is 2.81. The summed E-state index contributed by atoms with van der Waals surface area (Å²) in [5.41, 5.74) is 1.47. The maximum Gasteiger partial charge on any atom is 0.216 e. The first-order valence-electron chi connectivity index (χ1n) is 7.21. The second-order valence-electron chi connectivity index (χ2n) is 4.79. The van der Waals surface area contributed by atoms with E-state index in [4.69, 9.17) is 0 Å². The fourth-order valence-corrected chi connectivity index (χ4v) is 2.84. The number of hydrogen-bond acceptors (Lipinski definition) is 2. The van der Waals surface area contributed by atoms with Gasteiger partial charge in [0.05, 0.1) is 0 Å². The number of aryl methyl sites for hydroxylation is 1. The van der Waals surface area contributed by atoms with Crippen LogP contribution in [-0.4, -0.2) is 12.5 Å². The van der Waals surface area contributed by atoms with Gasteiger partial charge in [0.1, 0.15) is 0 Å². The summed E-state index contributed by atoms with van der Waals surface area (Å²) >= 11 is 1.80. The lowest BCUT2D eigenvalue weighted by molar-refractivity contribution is -0.118. The van der Waals surface area contributed by atoms with Crippen molar-refractivity contribution >= 4 is 23.3 Å². The Morgan fingerprint density at radius 2 is 2.21 bits per heavy atom. The van der Waals surface area contributed by atoms with Gasteiger partial charge in [0.25, 0.3) is 0 Å². The van der Waals surface area contributed by atoms with Crippen molar-refractivity contribution in [2.75, 3.05) is 6.54 Å². The highest BCUT2D eigenvalue weighted by Crippen LogP contribution is 2.21. The van der Waals surface area contributed by atoms with Gasteiger partial charge in [-0.1, -0.05) is 32.3 Å². The molecule has 1 N–H and O–H groups in total. The molecule has 1 aromatic rings. The molecule has 1 aromatic heterocycles. The highest BCUT2D eigenvalue weighted by molar-refractivity contribution is 7.11. The maximum absolute atomic E-state index is 10.7. The summed E-state index contributed by atoms with van der Waals surface area (Å²) < 4.78 is 0. The van der Waals surface area contributed by atoms with E-state index in [1.807, 2.05) is 0 Å². The standard InChI is InChI=1S/C16H25NOS/c1-3-4-5-6-9-15-11-13-19-16(15)10-7-8-12-17-14(2)18/h7,10-11,13H,3-6,8-9,12H2,1-2H3,(H,17,18). The molecule has 0 unspecified atom stereocenters. The highest BCUT2D eigenvalue weighted by Gasteiger charge is 2.00. The van der Waals surface area contributed by atoms with Crippen LogP contribution >= 0.6 is 11.3 Å². The molecule has 0 spiro atoms. The second-order valence-corrected chi connectivity index (χ2v) is 5.74. The van der Waals surface area contributed by atoms with Crippen LogP contribution in [0.1, 0.15) is 56.4 Å². The molecule has 0 bridgehead atoms. The summed E-state index contributed by atoms with van der Waals surface area (Å²) in [7, 11) is 0. The third kappa shape index (κ3) is 7.16. The molecule has 1 rings (SSSR count). The van der Waals surface area contributed by atoms with Gasteiger partial charge in [-0.15, -0.1) is 11.3 Å². The second kappa shape index (κ2) is 9.79. The minimum absolute atomic E-state index is 0.0427. The largest absolute Gasteiger partial charge is 0.356 e. The lowest BCUT2D eigenvalue weighted by Crippen LogP contribution is -2.20. The van der Waals surface area contributed by atoms with Crippen molar-refractivity contribution in [1.82, 2.24) is 5.32 Å². The molecular weight excluding hydrogens is 254 g/mol. The smallest absolute Gasteiger partial charge is 0.216 e. The van der Waals surface area contributed by atoms with Gasteiger partial charge in [0.2, 0.25) is 5.91 Å². The van der Waals surface area contributed by atoms with E-state index in [2.05, 4.69) is 35.8 Å². The number of amides is 1. The molecule has 0 aliphatic rings. The van der Waals surface area contributed by atoms with Crippen molar-refractivity contribution < 1.29 is 4.79 Å². The predicted octanol–water partition coefficient (Wildman–Crippen LogP) is 4.41. The molecule has 0 saturated heterocycles. The van der Waals surface area contributed by atoms with Gasteiger partial charge in [0, 0.05) is 18.3 Å². The molecule has 0 aliphatic carbocycles. The van der Waals surface area contributed by atoms with Crippen molar-refractivity contribution in [3.8, 4) is 0 Å². The van der Waals surface area contributed by atoms with Crippen molar-refractivity contribution in [3.05, 3.63) is 28.0 Å². The van der Waals surface area contributed by atoms with Crippen LogP contribution in [0.15, 0.2) is 17.5 Å². The molecule has 0 aliphatic heterocycles. The van der Waals surface area contributed by atoms with Gasteiger partial charge < -0.3 is 5.32 Å². The van der Waals surface area contributed by atoms with Crippen LogP contribution in [0.3, 0.4) is 0 Å². The van der Waals surface area contributed by atoms with Crippen LogP contribution in [0, 0.1) is 0 Å². The van der Waals surface area contributed by atoms with Gasteiger partial charge in [-0.05, 0) is 42.3 Å². The first kappa shape index (κ1) is 16.0. The normalized spacial score (nSPS) is 11.1. The quantitative estimate of drug-likeness (QED) is 0.666. The summed E-state index contributed by atoms with van der Waals surface area (Å²) in [5, 5.41) is 4.97. The minimum atomic E-state index is 0.0427. The Morgan fingerprint density at radius 1 is 1.37 bits per heavy atom. The van der Waals surface area contributed by atoms with Crippen molar-refractivity contribution in [2.45, 2.75) is 52.4 Å². The molecule has 106 valence electrons. The molecule has 19 heavy (non-hydrogen) atoms. The van der Waals surface area contributed by atoms with Crippen molar-refractivity contribution in [1.29, 1.82) is 0 Å². The fourth-order valence-electron chi connectivity index (χ4n) is 1.96. The van der Waals surface area contributed by atoms with Crippen LogP contribution < -0.4 is 5.32 Å². The van der Waals surface area contributed by atoms with E-state index in [-0.39, 0.29) is 5.91 Å². The molecule has 0 atom stereocenters. The van der Waals surface area contributed by atoms with E-state index < -0.39 is 0 Å². The van der Waals surface area contributed by atoms with Gasteiger partial charge in [-0.3, -0.25) is 4.79 Å². The number of unbranched alkanes of at least 4 members (excludes halogenated alkanes) is 3. The summed E-state index contributed by atoms with van der Waals surface area (Å²) in [6.07, 6.45) is 11.7. The lowest BCUT2D eigenvalue weighted by Gasteiger charge is -2.00. The first-order chi connectivity index (χ1) is 9.24. The molecule has 0 saturated carbocycles. The van der Waals surface area contributed by atoms with Crippen LogP contribution in [0.4, 0.5) is 0 Å². The fraction of sp³-hybridized carbons (Fsp3) is 0.562. The summed E-state index contributed by atoms with van der Waals surface area (Å²) in [5.74, 6) is 0.0427. The van der Waals surface area contributed by atoms with E-state index in [0.29, 0.717) is 0 Å². The van der Waals surface area contributed by atoms with E-state index in [1.165, 1.54) is 42.5 Å². The van der Waals surface area contributed by atoms with Crippen LogP contribution in [0.25, 0.3) is 6.08 Å². The molecule has 0 aromatic carbocycles. The van der Waals surface area contributed by atoms with E-state index in [1.54, 1.807) is 18.3 Å². The minimum Gasteiger partial charge on any atom is -0.356 e. The Hall–Kier alpha value is -1.09. The average molecular weight is 279 g/mol. The Balaban J connectivity index is 2.31. The molecule has 1 amide bonds. The SMILES string of the molecule is CCCCCCc1ccsc1C=CCCNC(C)=O. The van der Waals surface area contributed by atoms with Crippen molar-refractivity contribution in [3.63, 3.8) is 0 Å². The third-order valence-electron chi connectivity index (χ3n) is 3.03. The van der Waals surface area contributed by atoms with E-state index in [9.17, 15) is 4.79 Å². The Kier molecular flexibility index (Phi) is 8.23. The van der Waals surface area contributed by atoms with Crippen molar-refractivity contribution in [2.24, 2.45) is 0 Å². The summed E-state index contributed by atoms with van der Waals surface area (Å²) in [6.45, 7) is 4.52. The molecule has 0 fully saturated rings. The topological polar surface area (TPSA) is 29.1 Å². The predicted molar refractivity (Wildman–Crippen MR) is 84.5 cm³/mol. The monoisotopic (exact) mass is 279 g/mol. The number of carbonyl (C=O) groups excluding carboxylic acids is 1. The Bertz CT molecular complexity index is 395. The van der Waals surface area contributed by atoms with Crippen LogP contribution in [0.5, 0.6) is 0 Å². The van der Waals surface area contributed by atoms with Gasteiger partial charge in [-0.2, -0.15) is 0 Å². The molecule has 3 heteroatoms. The van der Waals surface area contributed by atoms with Crippen LogP contribution in [-0.2, 0) is 11.2 Å². The van der Waals surface area contributed by atoms with Gasteiger partial charge >= 0.3 is 0 Å². The maximum atomic E-state index is 10.7. The number of nitrogens with one attached hydrogen (secondary N) is 1.